The highest BCUT2D eigenvalue weighted by atomic mass is 32.1. The molecule has 0 spiro atoms. The van der Waals surface area contributed by atoms with Crippen molar-refractivity contribution in [1.82, 2.24) is 24.9 Å². The summed E-state index contributed by atoms with van der Waals surface area (Å²) in [5.74, 6) is -0.944. The monoisotopic (exact) mass is 309 g/mol. The molecule has 8 nitrogen and oxygen atoms in total. The SMILES string of the molecule is CN(C)C(=O)Cc1nc(Cn2cc(CC(=O)O)nn2)cs1. The summed E-state index contributed by atoms with van der Waals surface area (Å²) in [5, 5.41) is 18.9. The Hall–Kier alpha value is -2.29. The standard InChI is InChI=1S/C12H15N5O3S/c1-16(2)11(18)4-10-13-9(7-21-10)6-17-5-8(14-15-17)3-12(19)20/h5,7H,3-4,6H2,1-2H3,(H,19,20). The van der Waals surface area contributed by atoms with E-state index in [1.54, 1.807) is 20.3 Å². The van der Waals surface area contributed by atoms with E-state index in [9.17, 15) is 9.59 Å². The van der Waals surface area contributed by atoms with Crippen molar-refractivity contribution in [2.45, 2.75) is 19.4 Å². The molecule has 0 unspecified atom stereocenters. The molecule has 0 aliphatic heterocycles. The fourth-order valence-electron chi connectivity index (χ4n) is 1.61. The van der Waals surface area contributed by atoms with E-state index in [0.717, 1.165) is 10.7 Å². The van der Waals surface area contributed by atoms with E-state index in [0.29, 0.717) is 12.2 Å². The number of thiazole rings is 1. The van der Waals surface area contributed by atoms with Gasteiger partial charge in [0.15, 0.2) is 0 Å². The summed E-state index contributed by atoms with van der Waals surface area (Å²) in [6.07, 6.45) is 1.71. The molecule has 112 valence electrons. The van der Waals surface area contributed by atoms with Crippen LogP contribution >= 0.6 is 11.3 Å². The summed E-state index contributed by atoms with van der Waals surface area (Å²) >= 11 is 1.42. The first-order valence-corrected chi connectivity index (χ1v) is 7.06. The van der Waals surface area contributed by atoms with Crippen LogP contribution in [-0.2, 0) is 29.0 Å². The molecule has 2 rings (SSSR count). The third-order valence-corrected chi connectivity index (χ3v) is 3.54. The number of hydrogen-bond donors (Lipinski definition) is 1. The van der Waals surface area contributed by atoms with Crippen LogP contribution in [0.25, 0.3) is 0 Å². The predicted octanol–water partition coefficient (Wildman–Crippen LogP) is 0.0407. The van der Waals surface area contributed by atoms with Crippen molar-refractivity contribution in [2.24, 2.45) is 0 Å². The summed E-state index contributed by atoms with van der Waals surface area (Å²) in [4.78, 5) is 28.1. The molecule has 1 amide bonds. The lowest BCUT2D eigenvalue weighted by Gasteiger charge is -2.07. The Balaban J connectivity index is 1.97. The van der Waals surface area contributed by atoms with Crippen molar-refractivity contribution >= 4 is 23.2 Å². The Morgan fingerprint density at radius 3 is 2.76 bits per heavy atom. The lowest BCUT2D eigenvalue weighted by molar-refractivity contribution is -0.136. The number of carbonyl (C=O) groups is 2. The van der Waals surface area contributed by atoms with Crippen LogP contribution in [0.3, 0.4) is 0 Å². The van der Waals surface area contributed by atoms with Crippen LogP contribution in [0.1, 0.15) is 16.4 Å². The molecular weight excluding hydrogens is 294 g/mol. The highest BCUT2D eigenvalue weighted by Gasteiger charge is 2.11. The number of nitrogens with zero attached hydrogens (tertiary/aromatic N) is 5. The van der Waals surface area contributed by atoms with E-state index in [-0.39, 0.29) is 18.7 Å². The Morgan fingerprint density at radius 2 is 2.10 bits per heavy atom. The number of hydrogen-bond acceptors (Lipinski definition) is 6. The van der Waals surface area contributed by atoms with Gasteiger partial charge in [-0.25, -0.2) is 9.67 Å². The van der Waals surface area contributed by atoms with Gasteiger partial charge in [0.05, 0.1) is 30.8 Å². The van der Waals surface area contributed by atoms with Gasteiger partial charge in [-0.2, -0.15) is 0 Å². The fourth-order valence-corrected chi connectivity index (χ4v) is 2.38. The number of amides is 1. The number of likely N-dealkylation sites (N-methyl/N-ethyl adjacent to an activating group) is 1. The van der Waals surface area contributed by atoms with Crippen LogP contribution in [0.5, 0.6) is 0 Å². The minimum Gasteiger partial charge on any atom is -0.481 e. The van der Waals surface area contributed by atoms with Gasteiger partial charge in [0.25, 0.3) is 0 Å². The first-order chi connectivity index (χ1) is 9.94. The number of carbonyl (C=O) groups excluding carboxylic acids is 1. The van der Waals surface area contributed by atoms with Gasteiger partial charge in [0.1, 0.15) is 5.01 Å². The molecule has 9 heteroatoms. The van der Waals surface area contributed by atoms with Crippen molar-refractivity contribution in [1.29, 1.82) is 0 Å². The Bertz CT molecular complexity index is 649. The molecule has 0 atom stereocenters. The molecule has 0 saturated heterocycles. The van der Waals surface area contributed by atoms with Gasteiger partial charge in [-0.1, -0.05) is 5.21 Å². The minimum atomic E-state index is -0.944. The van der Waals surface area contributed by atoms with Crippen molar-refractivity contribution in [3.05, 3.63) is 28.0 Å². The third kappa shape index (κ3) is 4.35. The number of carboxylic acid groups (broad SMARTS) is 1. The maximum atomic E-state index is 11.6. The van der Waals surface area contributed by atoms with Crippen molar-refractivity contribution in [2.75, 3.05) is 14.1 Å². The quantitative estimate of drug-likeness (QED) is 0.808. The number of carboxylic acids is 1. The van der Waals surface area contributed by atoms with Gasteiger partial charge < -0.3 is 10.0 Å². The second kappa shape index (κ2) is 6.44. The van der Waals surface area contributed by atoms with Gasteiger partial charge in [0.2, 0.25) is 5.91 Å². The number of aliphatic carboxylic acids is 1. The smallest absolute Gasteiger partial charge is 0.309 e. The lowest BCUT2D eigenvalue weighted by atomic mass is 10.3. The molecule has 0 bridgehead atoms. The zero-order valence-electron chi connectivity index (χ0n) is 11.7. The average Bonchev–Trinajstić information content (AvgIpc) is 2.99. The van der Waals surface area contributed by atoms with Crippen LogP contribution in [0, 0.1) is 0 Å². The van der Waals surface area contributed by atoms with Crippen molar-refractivity contribution in [3.63, 3.8) is 0 Å². The topological polar surface area (TPSA) is 101 Å². The van der Waals surface area contributed by atoms with E-state index >= 15 is 0 Å². The zero-order valence-corrected chi connectivity index (χ0v) is 12.5. The Kier molecular flexibility index (Phi) is 4.63. The maximum Gasteiger partial charge on any atom is 0.309 e. The van der Waals surface area contributed by atoms with Crippen LogP contribution in [-0.4, -0.2) is 56.0 Å². The Morgan fingerprint density at radius 1 is 1.33 bits per heavy atom. The van der Waals surface area contributed by atoms with Gasteiger partial charge >= 0.3 is 5.97 Å². The van der Waals surface area contributed by atoms with E-state index in [1.807, 2.05) is 5.38 Å². The fraction of sp³-hybridized carbons (Fsp3) is 0.417. The first kappa shape index (κ1) is 15.1. The molecule has 0 aromatic carbocycles. The molecule has 0 radical (unpaired) electrons. The number of rotatable bonds is 6. The second-order valence-electron chi connectivity index (χ2n) is 4.68. The van der Waals surface area contributed by atoms with Gasteiger partial charge in [-0.05, 0) is 0 Å². The van der Waals surface area contributed by atoms with Crippen LogP contribution < -0.4 is 0 Å². The first-order valence-electron chi connectivity index (χ1n) is 6.18. The predicted molar refractivity (Wildman–Crippen MR) is 75.0 cm³/mol. The van der Waals surface area contributed by atoms with Crippen LogP contribution in [0.2, 0.25) is 0 Å². The van der Waals surface area contributed by atoms with Gasteiger partial charge in [-0.15, -0.1) is 16.4 Å². The highest BCUT2D eigenvalue weighted by molar-refractivity contribution is 7.09. The molecule has 0 aliphatic rings. The largest absolute Gasteiger partial charge is 0.481 e. The maximum absolute atomic E-state index is 11.6. The molecular formula is C12H15N5O3S. The molecule has 2 aromatic heterocycles. The van der Waals surface area contributed by atoms with Crippen LogP contribution in [0.4, 0.5) is 0 Å². The van der Waals surface area contributed by atoms with E-state index in [2.05, 4.69) is 15.3 Å². The van der Waals surface area contributed by atoms with Gasteiger partial charge in [-0.3, -0.25) is 9.59 Å². The number of aromatic nitrogens is 4. The average molecular weight is 309 g/mol. The van der Waals surface area contributed by atoms with E-state index in [1.165, 1.54) is 20.9 Å². The van der Waals surface area contributed by atoms with Crippen LogP contribution in [0.15, 0.2) is 11.6 Å². The van der Waals surface area contributed by atoms with E-state index in [4.69, 9.17) is 5.11 Å². The summed E-state index contributed by atoms with van der Waals surface area (Å²) in [5.41, 5.74) is 1.18. The van der Waals surface area contributed by atoms with Crippen molar-refractivity contribution in [3.8, 4) is 0 Å². The molecule has 0 aliphatic carbocycles. The molecule has 21 heavy (non-hydrogen) atoms. The molecule has 2 heterocycles. The molecule has 0 saturated carbocycles. The van der Waals surface area contributed by atoms with Gasteiger partial charge in [0, 0.05) is 25.7 Å². The molecule has 2 aromatic rings. The third-order valence-electron chi connectivity index (χ3n) is 2.64. The zero-order chi connectivity index (χ0) is 15.4. The van der Waals surface area contributed by atoms with Crippen molar-refractivity contribution < 1.29 is 14.7 Å². The normalized spacial score (nSPS) is 10.6. The molecule has 1 N–H and O–H groups in total. The second-order valence-corrected chi connectivity index (χ2v) is 5.62. The summed E-state index contributed by atoms with van der Waals surface area (Å²) < 4.78 is 1.53. The Labute approximate surface area is 125 Å². The molecule has 0 fully saturated rings. The summed E-state index contributed by atoms with van der Waals surface area (Å²) in [7, 11) is 3.41. The minimum absolute atomic E-state index is 0.000371. The summed E-state index contributed by atoms with van der Waals surface area (Å²) in [6.45, 7) is 0.402. The highest BCUT2D eigenvalue weighted by Crippen LogP contribution is 2.12. The van der Waals surface area contributed by atoms with E-state index < -0.39 is 5.97 Å². The lowest BCUT2D eigenvalue weighted by Crippen LogP contribution is -2.23. The summed E-state index contributed by atoms with van der Waals surface area (Å²) in [6, 6.07) is 0.